The highest BCUT2D eigenvalue weighted by molar-refractivity contribution is 6.31. The van der Waals surface area contributed by atoms with Gasteiger partial charge in [-0.05, 0) is 31.2 Å². The quantitative estimate of drug-likeness (QED) is 0.545. The minimum absolute atomic E-state index is 0.124. The molecule has 0 amide bonds. The molecule has 3 aromatic rings. The van der Waals surface area contributed by atoms with E-state index in [0.29, 0.717) is 10.7 Å². The van der Waals surface area contributed by atoms with Crippen LogP contribution >= 0.6 is 11.6 Å². The lowest BCUT2D eigenvalue weighted by Crippen LogP contribution is -1.95. The summed E-state index contributed by atoms with van der Waals surface area (Å²) in [5.74, 6) is -0.124. The Morgan fingerprint density at radius 3 is 2.65 bits per heavy atom. The highest BCUT2D eigenvalue weighted by Crippen LogP contribution is 2.24. The molecule has 0 aliphatic carbocycles. The first kappa shape index (κ1) is 15.2. The smallest absolute Gasteiger partial charge is 0.189 e. The number of benzene rings is 1. The average Bonchev–Trinajstić information content (AvgIpc) is 3.10. The number of halogens is 1. The second-order valence-electron chi connectivity index (χ2n) is 5.14. The fraction of sp³-hybridized carbons (Fsp3) is 0.118. The SMILES string of the molecule is Cc1nn(-c2ccccc2)c(Cl)c1C=CC(=O)c1cnn(C)c1. The summed E-state index contributed by atoms with van der Waals surface area (Å²) in [6.07, 6.45) is 6.39. The fourth-order valence-corrected chi connectivity index (χ4v) is 2.58. The highest BCUT2D eigenvalue weighted by Gasteiger charge is 2.13. The molecule has 6 heteroatoms. The van der Waals surface area contributed by atoms with Crippen molar-refractivity contribution in [3.8, 4) is 5.69 Å². The van der Waals surface area contributed by atoms with Crippen LogP contribution in [-0.2, 0) is 7.05 Å². The number of nitrogens with zero attached hydrogens (tertiary/aromatic N) is 4. The topological polar surface area (TPSA) is 52.7 Å². The van der Waals surface area contributed by atoms with E-state index in [4.69, 9.17) is 11.6 Å². The van der Waals surface area contributed by atoms with Gasteiger partial charge in [-0.15, -0.1) is 0 Å². The van der Waals surface area contributed by atoms with Gasteiger partial charge in [-0.25, -0.2) is 4.68 Å². The van der Waals surface area contributed by atoms with Crippen molar-refractivity contribution in [1.82, 2.24) is 19.6 Å². The van der Waals surface area contributed by atoms with Crippen LogP contribution in [0.5, 0.6) is 0 Å². The minimum Gasteiger partial charge on any atom is -0.289 e. The van der Waals surface area contributed by atoms with Crippen molar-refractivity contribution in [1.29, 1.82) is 0 Å². The molecule has 0 bridgehead atoms. The Bertz CT molecular complexity index is 877. The molecule has 2 aromatic heterocycles. The Morgan fingerprint density at radius 1 is 1.26 bits per heavy atom. The molecule has 0 atom stereocenters. The number of rotatable bonds is 4. The molecule has 3 rings (SSSR count). The normalized spacial score (nSPS) is 11.3. The molecule has 0 fully saturated rings. The number of hydrogen-bond acceptors (Lipinski definition) is 3. The van der Waals surface area contributed by atoms with Gasteiger partial charge in [0.1, 0.15) is 5.15 Å². The average molecular weight is 327 g/mol. The lowest BCUT2D eigenvalue weighted by Gasteiger charge is -2.01. The number of ketones is 1. The number of carbonyl (C=O) groups is 1. The molecular weight excluding hydrogens is 312 g/mol. The van der Waals surface area contributed by atoms with Crippen molar-refractivity contribution in [2.45, 2.75) is 6.92 Å². The molecule has 2 heterocycles. The summed E-state index contributed by atoms with van der Waals surface area (Å²) in [6.45, 7) is 1.86. The van der Waals surface area contributed by atoms with Crippen molar-refractivity contribution in [2.24, 2.45) is 7.05 Å². The second-order valence-corrected chi connectivity index (χ2v) is 5.50. The van der Waals surface area contributed by atoms with E-state index in [-0.39, 0.29) is 5.78 Å². The number of para-hydroxylation sites is 1. The lowest BCUT2D eigenvalue weighted by atomic mass is 10.2. The molecule has 116 valence electrons. The number of hydrogen-bond donors (Lipinski definition) is 0. The van der Waals surface area contributed by atoms with Gasteiger partial charge in [0.05, 0.1) is 23.1 Å². The van der Waals surface area contributed by atoms with E-state index in [9.17, 15) is 4.79 Å². The maximum Gasteiger partial charge on any atom is 0.189 e. The Kier molecular flexibility index (Phi) is 4.12. The maximum absolute atomic E-state index is 12.1. The Balaban J connectivity index is 1.90. The molecular formula is C17H15ClN4O. The van der Waals surface area contributed by atoms with Crippen LogP contribution in [0.25, 0.3) is 11.8 Å². The van der Waals surface area contributed by atoms with Crippen LogP contribution in [0.2, 0.25) is 5.15 Å². The third kappa shape index (κ3) is 3.10. The Hall–Kier alpha value is -2.66. The largest absolute Gasteiger partial charge is 0.289 e. The van der Waals surface area contributed by atoms with Crippen LogP contribution in [0.15, 0.2) is 48.8 Å². The van der Waals surface area contributed by atoms with Crippen molar-refractivity contribution >= 4 is 23.5 Å². The lowest BCUT2D eigenvalue weighted by molar-refractivity contribution is 0.104. The van der Waals surface area contributed by atoms with Crippen molar-refractivity contribution in [3.63, 3.8) is 0 Å². The summed E-state index contributed by atoms with van der Waals surface area (Å²) in [7, 11) is 1.77. The van der Waals surface area contributed by atoms with Gasteiger partial charge in [0, 0.05) is 18.8 Å². The van der Waals surface area contributed by atoms with Crippen LogP contribution in [0.4, 0.5) is 0 Å². The molecule has 1 aromatic carbocycles. The summed E-state index contributed by atoms with van der Waals surface area (Å²) in [6, 6.07) is 9.62. The number of allylic oxidation sites excluding steroid dienone is 1. The van der Waals surface area contributed by atoms with Gasteiger partial charge in [-0.3, -0.25) is 9.48 Å². The van der Waals surface area contributed by atoms with Gasteiger partial charge < -0.3 is 0 Å². The van der Waals surface area contributed by atoms with Crippen molar-refractivity contribution < 1.29 is 4.79 Å². The molecule has 0 aliphatic rings. The van der Waals surface area contributed by atoms with E-state index in [1.807, 2.05) is 37.3 Å². The van der Waals surface area contributed by atoms with Crippen LogP contribution in [0.1, 0.15) is 21.6 Å². The number of carbonyl (C=O) groups excluding carboxylic acids is 1. The van der Waals surface area contributed by atoms with Gasteiger partial charge in [0.25, 0.3) is 0 Å². The zero-order valence-corrected chi connectivity index (χ0v) is 13.5. The zero-order chi connectivity index (χ0) is 16.4. The first-order chi connectivity index (χ1) is 11.1. The van der Waals surface area contributed by atoms with Crippen LogP contribution < -0.4 is 0 Å². The molecule has 0 saturated carbocycles. The maximum atomic E-state index is 12.1. The first-order valence-corrected chi connectivity index (χ1v) is 7.45. The number of aryl methyl sites for hydroxylation is 2. The molecule has 0 aliphatic heterocycles. The Labute approximate surface area is 138 Å². The van der Waals surface area contributed by atoms with Gasteiger partial charge >= 0.3 is 0 Å². The third-order valence-electron chi connectivity index (χ3n) is 3.44. The zero-order valence-electron chi connectivity index (χ0n) is 12.8. The van der Waals surface area contributed by atoms with E-state index in [0.717, 1.165) is 16.9 Å². The molecule has 0 spiro atoms. The highest BCUT2D eigenvalue weighted by atomic mass is 35.5. The predicted molar refractivity (Wildman–Crippen MR) is 89.9 cm³/mol. The molecule has 23 heavy (non-hydrogen) atoms. The fourth-order valence-electron chi connectivity index (χ4n) is 2.24. The van der Waals surface area contributed by atoms with Crippen molar-refractivity contribution in [2.75, 3.05) is 0 Å². The molecule has 0 saturated heterocycles. The molecule has 0 N–H and O–H groups in total. The van der Waals surface area contributed by atoms with E-state index < -0.39 is 0 Å². The monoisotopic (exact) mass is 326 g/mol. The second kappa shape index (κ2) is 6.22. The summed E-state index contributed by atoms with van der Waals surface area (Å²) in [5, 5.41) is 8.91. The summed E-state index contributed by atoms with van der Waals surface area (Å²) < 4.78 is 3.25. The van der Waals surface area contributed by atoms with Crippen molar-refractivity contribution in [3.05, 3.63) is 70.8 Å². The van der Waals surface area contributed by atoms with Gasteiger partial charge in [-0.2, -0.15) is 10.2 Å². The molecule has 5 nitrogen and oxygen atoms in total. The predicted octanol–water partition coefficient (Wildman–Crippen LogP) is 3.46. The van der Waals surface area contributed by atoms with Crippen LogP contribution in [0.3, 0.4) is 0 Å². The molecule has 0 radical (unpaired) electrons. The third-order valence-corrected chi connectivity index (χ3v) is 3.80. The van der Waals surface area contributed by atoms with Gasteiger partial charge in [0.15, 0.2) is 5.78 Å². The van der Waals surface area contributed by atoms with Crippen LogP contribution in [-0.4, -0.2) is 25.3 Å². The van der Waals surface area contributed by atoms with E-state index in [1.165, 1.54) is 12.3 Å². The first-order valence-electron chi connectivity index (χ1n) is 7.08. The Morgan fingerprint density at radius 2 is 2.00 bits per heavy atom. The van der Waals surface area contributed by atoms with Gasteiger partial charge in [-0.1, -0.05) is 29.8 Å². The van der Waals surface area contributed by atoms with E-state index in [2.05, 4.69) is 10.2 Å². The summed E-state index contributed by atoms with van der Waals surface area (Å²) >= 11 is 6.42. The number of aromatic nitrogens is 4. The van der Waals surface area contributed by atoms with E-state index >= 15 is 0 Å². The standard InChI is InChI=1S/C17H15ClN4O/c1-12-15(8-9-16(23)13-10-19-21(2)11-13)17(18)22(20-12)14-6-4-3-5-7-14/h3-11H,1-2H3. The van der Waals surface area contributed by atoms with E-state index in [1.54, 1.807) is 28.7 Å². The minimum atomic E-state index is -0.124. The molecule has 0 unspecified atom stereocenters. The van der Waals surface area contributed by atoms with Gasteiger partial charge in [0.2, 0.25) is 0 Å². The summed E-state index contributed by atoms with van der Waals surface area (Å²) in [4.78, 5) is 12.1. The van der Waals surface area contributed by atoms with Crippen LogP contribution in [0, 0.1) is 6.92 Å². The summed E-state index contributed by atoms with van der Waals surface area (Å²) in [5.41, 5.74) is 2.90.